The van der Waals surface area contributed by atoms with Gasteiger partial charge >= 0.3 is 0 Å². The Bertz CT molecular complexity index is 1110. The van der Waals surface area contributed by atoms with E-state index in [2.05, 4.69) is 20.0 Å². The number of piperidine rings is 1. The fraction of sp³-hybridized carbons (Fsp3) is 0.346. The Morgan fingerprint density at radius 3 is 2.09 bits per heavy atom. The second-order valence-electron chi connectivity index (χ2n) is 8.86. The van der Waals surface area contributed by atoms with E-state index in [9.17, 15) is 4.79 Å². The predicted octanol–water partition coefficient (Wildman–Crippen LogP) is 5.02. The van der Waals surface area contributed by atoms with Gasteiger partial charge in [-0.3, -0.25) is 4.79 Å². The zero-order chi connectivity index (χ0) is 23.5. The number of anilines is 2. The fourth-order valence-electron chi connectivity index (χ4n) is 4.75. The first-order valence-corrected chi connectivity index (χ1v) is 12.5. The molecular formula is C26H27Cl2N5O. The number of piperazine rings is 1. The molecule has 0 radical (unpaired) electrons. The number of hydrogen-bond acceptors (Lipinski definition) is 5. The number of halogens is 2. The first-order chi connectivity index (χ1) is 16.6. The van der Waals surface area contributed by atoms with Gasteiger partial charge in [-0.05, 0) is 61.4 Å². The summed E-state index contributed by atoms with van der Waals surface area (Å²) in [4.78, 5) is 19.8. The molecule has 3 aromatic rings. The number of nitrogens with zero attached hydrogens (tertiary/aromatic N) is 5. The van der Waals surface area contributed by atoms with Crippen molar-refractivity contribution in [3.05, 3.63) is 70.7 Å². The Hall–Kier alpha value is -2.83. The molecule has 2 fully saturated rings. The van der Waals surface area contributed by atoms with E-state index < -0.39 is 0 Å². The summed E-state index contributed by atoms with van der Waals surface area (Å²) < 4.78 is 0. The van der Waals surface area contributed by atoms with Gasteiger partial charge in [0.05, 0.1) is 11.6 Å². The van der Waals surface area contributed by atoms with Gasteiger partial charge in [0.25, 0.3) is 0 Å². The van der Waals surface area contributed by atoms with E-state index in [4.69, 9.17) is 23.2 Å². The highest BCUT2D eigenvalue weighted by molar-refractivity contribution is 6.30. The van der Waals surface area contributed by atoms with E-state index >= 15 is 0 Å². The third-order valence-electron chi connectivity index (χ3n) is 6.67. The zero-order valence-corrected chi connectivity index (χ0v) is 20.4. The van der Waals surface area contributed by atoms with Crippen LogP contribution in [0.1, 0.15) is 12.8 Å². The summed E-state index contributed by atoms with van der Waals surface area (Å²) in [6.45, 7) is 4.73. The molecule has 3 heterocycles. The molecule has 34 heavy (non-hydrogen) atoms. The van der Waals surface area contributed by atoms with Gasteiger partial charge in [-0.25, -0.2) is 0 Å². The molecule has 1 unspecified atom stereocenters. The van der Waals surface area contributed by atoms with E-state index in [-0.39, 0.29) is 11.8 Å². The van der Waals surface area contributed by atoms with Gasteiger partial charge in [0.2, 0.25) is 5.91 Å². The van der Waals surface area contributed by atoms with Gasteiger partial charge < -0.3 is 14.7 Å². The molecule has 0 aliphatic carbocycles. The van der Waals surface area contributed by atoms with E-state index in [1.54, 1.807) is 0 Å². The summed E-state index contributed by atoms with van der Waals surface area (Å²) in [5.74, 6) is 1.07. The van der Waals surface area contributed by atoms with E-state index in [0.29, 0.717) is 11.6 Å². The quantitative estimate of drug-likeness (QED) is 0.508. The van der Waals surface area contributed by atoms with Crippen molar-refractivity contribution in [2.24, 2.45) is 5.92 Å². The lowest BCUT2D eigenvalue weighted by atomic mass is 9.96. The second-order valence-corrected chi connectivity index (χ2v) is 9.73. The number of benzene rings is 2. The first kappa shape index (κ1) is 22.9. The lowest BCUT2D eigenvalue weighted by Crippen LogP contribution is -2.52. The summed E-state index contributed by atoms with van der Waals surface area (Å²) >= 11 is 12.0. The Morgan fingerprint density at radius 1 is 0.765 bits per heavy atom. The Morgan fingerprint density at radius 2 is 1.44 bits per heavy atom. The zero-order valence-electron chi connectivity index (χ0n) is 18.9. The molecule has 0 bridgehead atoms. The Labute approximate surface area is 210 Å². The molecule has 0 spiro atoms. The lowest BCUT2D eigenvalue weighted by molar-refractivity contribution is -0.136. The molecule has 1 amide bonds. The average Bonchev–Trinajstić information content (AvgIpc) is 2.89. The first-order valence-electron chi connectivity index (χ1n) is 11.7. The van der Waals surface area contributed by atoms with Crippen LogP contribution in [-0.4, -0.2) is 60.3 Å². The van der Waals surface area contributed by atoms with E-state index in [1.807, 2.05) is 65.6 Å². The summed E-state index contributed by atoms with van der Waals surface area (Å²) in [7, 11) is 0. The van der Waals surface area contributed by atoms with Crippen LogP contribution >= 0.6 is 23.2 Å². The molecule has 2 aromatic carbocycles. The fourth-order valence-corrected chi connectivity index (χ4v) is 5.00. The van der Waals surface area contributed by atoms with Crippen molar-refractivity contribution < 1.29 is 4.79 Å². The third-order valence-corrected chi connectivity index (χ3v) is 7.17. The molecular weight excluding hydrogens is 469 g/mol. The Balaban J connectivity index is 1.18. The van der Waals surface area contributed by atoms with Gasteiger partial charge in [-0.1, -0.05) is 35.3 Å². The molecule has 2 aliphatic rings. The van der Waals surface area contributed by atoms with Gasteiger partial charge in [0, 0.05) is 60.6 Å². The minimum atomic E-state index is -0.00595. The smallest absolute Gasteiger partial charge is 0.227 e. The van der Waals surface area contributed by atoms with Crippen LogP contribution in [0.2, 0.25) is 10.0 Å². The number of carbonyl (C=O) groups is 1. The van der Waals surface area contributed by atoms with Crippen molar-refractivity contribution in [3.63, 3.8) is 0 Å². The lowest BCUT2D eigenvalue weighted by Gasteiger charge is -2.40. The van der Waals surface area contributed by atoms with E-state index in [0.717, 1.165) is 73.4 Å². The molecule has 1 aromatic heterocycles. The molecule has 2 aliphatic heterocycles. The van der Waals surface area contributed by atoms with Crippen molar-refractivity contribution in [2.45, 2.75) is 12.8 Å². The van der Waals surface area contributed by atoms with Crippen LogP contribution in [0.4, 0.5) is 11.5 Å². The number of hydrogen-bond donors (Lipinski definition) is 0. The summed E-state index contributed by atoms with van der Waals surface area (Å²) in [5, 5.41) is 10.3. The molecule has 6 nitrogen and oxygen atoms in total. The molecule has 2 saturated heterocycles. The number of amides is 1. The summed E-state index contributed by atoms with van der Waals surface area (Å²) in [6.07, 6.45) is 1.89. The minimum absolute atomic E-state index is 0.00595. The maximum Gasteiger partial charge on any atom is 0.227 e. The molecule has 5 rings (SSSR count). The van der Waals surface area contributed by atoms with Crippen LogP contribution in [0.15, 0.2) is 60.7 Å². The van der Waals surface area contributed by atoms with Gasteiger partial charge in [-0.2, -0.15) is 0 Å². The standard InChI is InChI=1S/C26H27Cl2N5O/c27-21-5-3-19(4-6-21)24-11-12-25(30-29-24)33-13-1-2-20(18-33)26(34)32-16-14-31(15-17-32)23-9-7-22(28)8-10-23/h3-12,20H,1-2,13-18H2. The molecule has 0 N–H and O–H groups in total. The van der Waals surface area contributed by atoms with Crippen molar-refractivity contribution in [3.8, 4) is 11.3 Å². The highest BCUT2D eigenvalue weighted by Crippen LogP contribution is 2.26. The normalized spacial score (nSPS) is 18.8. The molecule has 8 heteroatoms. The van der Waals surface area contributed by atoms with Crippen LogP contribution in [0.25, 0.3) is 11.3 Å². The third kappa shape index (κ3) is 5.13. The van der Waals surface area contributed by atoms with Crippen LogP contribution in [0.3, 0.4) is 0 Å². The minimum Gasteiger partial charge on any atom is -0.368 e. The van der Waals surface area contributed by atoms with Gasteiger partial charge in [0.1, 0.15) is 0 Å². The predicted molar refractivity (Wildman–Crippen MR) is 138 cm³/mol. The maximum atomic E-state index is 13.3. The van der Waals surface area contributed by atoms with Crippen LogP contribution < -0.4 is 9.80 Å². The van der Waals surface area contributed by atoms with Crippen LogP contribution in [0.5, 0.6) is 0 Å². The average molecular weight is 496 g/mol. The monoisotopic (exact) mass is 495 g/mol. The van der Waals surface area contributed by atoms with Crippen molar-refractivity contribution in [1.29, 1.82) is 0 Å². The number of rotatable bonds is 4. The molecule has 176 valence electrons. The van der Waals surface area contributed by atoms with Gasteiger partial charge in [-0.15, -0.1) is 10.2 Å². The highest BCUT2D eigenvalue weighted by atomic mass is 35.5. The second kappa shape index (κ2) is 10.2. The largest absolute Gasteiger partial charge is 0.368 e. The number of aromatic nitrogens is 2. The highest BCUT2D eigenvalue weighted by Gasteiger charge is 2.31. The maximum absolute atomic E-state index is 13.3. The Kier molecular flexibility index (Phi) is 6.88. The molecule has 0 saturated carbocycles. The summed E-state index contributed by atoms with van der Waals surface area (Å²) in [6, 6.07) is 19.5. The SMILES string of the molecule is O=C(C1CCCN(c2ccc(-c3ccc(Cl)cc3)nn2)C1)N1CCN(c2ccc(Cl)cc2)CC1. The van der Waals surface area contributed by atoms with Crippen molar-refractivity contribution in [1.82, 2.24) is 15.1 Å². The van der Waals surface area contributed by atoms with E-state index in [1.165, 1.54) is 0 Å². The van der Waals surface area contributed by atoms with Crippen LogP contribution in [0, 0.1) is 5.92 Å². The topological polar surface area (TPSA) is 52.6 Å². The van der Waals surface area contributed by atoms with Crippen molar-refractivity contribution in [2.75, 3.05) is 49.1 Å². The summed E-state index contributed by atoms with van der Waals surface area (Å²) in [5.41, 5.74) is 2.94. The van der Waals surface area contributed by atoms with Gasteiger partial charge in [0.15, 0.2) is 5.82 Å². The van der Waals surface area contributed by atoms with Crippen molar-refractivity contribution >= 4 is 40.6 Å². The number of carbonyl (C=O) groups excluding carboxylic acids is 1. The molecule has 1 atom stereocenters. The van der Waals surface area contributed by atoms with Crippen LogP contribution in [-0.2, 0) is 4.79 Å².